The number of rotatable bonds is 6. The average Bonchev–Trinajstić information content (AvgIpc) is 2.93. The molecule has 0 unspecified atom stereocenters. The van der Waals surface area contributed by atoms with Gasteiger partial charge in [-0.25, -0.2) is 4.98 Å². The highest BCUT2D eigenvalue weighted by Gasteiger charge is 2.22. The van der Waals surface area contributed by atoms with E-state index in [2.05, 4.69) is 41.2 Å². The van der Waals surface area contributed by atoms with E-state index in [0.717, 1.165) is 25.5 Å². The molecule has 1 heterocycles. The van der Waals surface area contributed by atoms with Gasteiger partial charge >= 0.3 is 0 Å². The van der Waals surface area contributed by atoms with Crippen molar-refractivity contribution >= 4 is 5.82 Å². The molecule has 100 valence electrons. The van der Waals surface area contributed by atoms with E-state index < -0.39 is 0 Å². The third kappa shape index (κ3) is 3.22. The van der Waals surface area contributed by atoms with Gasteiger partial charge in [0, 0.05) is 25.3 Å². The Morgan fingerprint density at radius 2 is 2.06 bits per heavy atom. The maximum absolute atomic E-state index is 4.63. The molecule has 1 aliphatic carbocycles. The molecular formula is C15H25N3. The fourth-order valence-electron chi connectivity index (χ4n) is 2.78. The quantitative estimate of drug-likeness (QED) is 0.837. The number of hydrogen-bond acceptors (Lipinski definition) is 3. The lowest BCUT2D eigenvalue weighted by Crippen LogP contribution is -2.33. The Bertz CT molecular complexity index is 341. The van der Waals surface area contributed by atoms with E-state index in [-0.39, 0.29) is 0 Å². The Hall–Kier alpha value is -1.09. The van der Waals surface area contributed by atoms with Crippen LogP contribution in [-0.4, -0.2) is 24.1 Å². The van der Waals surface area contributed by atoms with E-state index in [0.29, 0.717) is 6.04 Å². The molecule has 0 saturated heterocycles. The Labute approximate surface area is 111 Å². The van der Waals surface area contributed by atoms with Crippen LogP contribution in [0.4, 0.5) is 5.82 Å². The zero-order valence-corrected chi connectivity index (χ0v) is 11.7. The van der Waals surface area contributed by atoms with Crippen LogP contribution in [0.15, 0.2) is 18.3 Å². The average molecular weight is 247 g/mol. The fourth-order valence-corrected chi connectivity index (χ4v) is 2.78. The normalized spacial score (nSPS) is 16.1. The van der Waals surface area contributed by atoms with Crippen LogP contribution in [0.2, 0.25) is 0 Å². The smallest absolute Gasteiger partial charge is 0.128 e. The van der Waals surface area contributed by atoms with Gasteiger partial charge in [0.15, 0.2) is 0 Å². The molecule has 18 heavy (non-hydrogen) atoms. The first-order chi connectivity index (χ1) is 8.85. The highest BCUT2D eigenvalue weighted by atomic mass is 15.2. The Morgan fingerprint density at radius 3 is 2.61 bits per heavy atom. The molecule has 1 aromatic rings. The summed E-state index contributed by atoms with van der Waals surface area (Å²) in [5.41, 5.74) is 1.27. The SMILES string of the molecule is CCNCc1ccc(N(CC)C2CCCC2)nc1. The molecule has 1 fully saturated rings. The van der Waals surface area contributed by atoms with Gasteiger partial charge in [-0.15, -0.1) is 0 Å². The molecule has 0 aliphatic heterocycles. The molecule has 0 bridgehead atoms. The summed E-state index contributed by atoms with van der Waals surface area (Å²) in [5, 5.41) is 3.33. The summed E-state index contributed by atoms with van der Waals surface area (Å²) < 4.78 is 0. The van der Waals surface area contributed by atoms with E-state index in [1.807, 2.05) is 6.20 Å². The van der Waals surface area contributed by atoms with Crippen LogP contribution in [0.5, 0.6) is 0 Å². The molecule has 3 nitrogen and oxygen atoms in total. The summed E-state index contributed by atoms with van der Waals surface area (Å²) in [6.45, 7) is 7.34. The maximum atomic E-state index is 4.63. The number of anilines is 1. The third-order valence-electron chi connectivity index (χ3n) is 3.79. The molecule has 0 amide bonds. The first-order valence-corrected chi connectivity index (χ1v) is 7.27. The summed E-state index contributed by atoms with van der Waals surface area (Å²) in [6, 6.07) is 5.08. The van der Waals surface area contributed by atoms with Gasteiger partial charge in [0.25, 0.3) is 0 Å². The van der Waals surface area contributed by atoms with Crippen molar-refractivity contribution in [3.63, 3.8) is 0 Å². The third-order valence-corrected chi connectivity index (χ3v) is 3.79. The Morgan fingerprint density at radius 1 is 1.28 bits per heavy atom. The molecule has 0 atom stereocenters. The van der Waals surface area contributed by atoms with Gasteiger partial charge < -0.3 is 10.2 Å². The van der Waals surface area contributed by atoms with Gasteiger partial charge in [0.2, 0.25) is 0 Å². The van der Waals surface area contributed by atoms with E-state index in [9.17, 15) is 0 Å². The second-order valence-corrected chi connectivity index (χ2v) is 5.03. The number of pyridine rings is 1. The molecular weight excluding hydrogens is 222 g/mol. The zero-order chi connectivity index (χ0) is 12.8. The molecule has 1 aliphatic rings. The van der Waals surface area contributed by atoms with Crippen LogP contribution < -0.4 is 10.2 Å². The monoisotopic (exact) mass is 247 g/mol. The van der Waals surface area contributed by atoms with Crippen molar-refractivity contribution in [1.29, 1.82) is 0 Å². The summed E-state index contributed by atoms with van der Waals surface area (Å²) in [4.78, 5) is 7.10. The fraction of sp³-hybridized carbons (Fsp3) is 0.667. The topological polar surface area (TPSA) is 28.2 Å². The molecule has 3 heteroatoms. The van der Waals surface area contributed by atoms with Gasteiger partial charge in [-0.3, -0.25) is 0 Å². The summed E-state index contributed by atoms with van der Waals surface area (Å²) in [6.07, 6.45) is 7.41. The Balaban J connectivity index is 2.02. The number of nitrogens with zero attached hydrogens (tertiary/aromatic N) is 2. The van der Waals surface area contributed by atoms with Crippen molar-refractivity contribution in [3.05, 3.63) is 23.9 Å². The van der Waals surface area contributed by atoms with Crippen LogP contribution in [0, 0.1) is 0 Å². The van der Waals surface area contributed by atoms with Crippen LogP contribution in [0.3, 0.4) is 0 Å². The van der Waals surface area contributed by atoms with Crippen molar-refractivity contribution in [2.45, 2.75) is 52.1 Å². The minimum atomic E-state index is 0.710. The number of hydrogen-bond donors (Lipinski definition) is 1. The lowest BCUT2D eigenvalue weighted by atomic mass is 10.2. The van der Waals surface area contributed by atoms with Crippen molar-refractivity contribution in [2.24, 2.45) is 0 Å². The molecule has 0 aromatic carbocycles. The van der Waals surface area contributed by atoms with Crippen molar-refractivity contribution in [2.75, 3.05) is 18.0 Å². The van der Waals surface area contributed by atoms with Crippen LogP contribution >= 0.6 is 0 Å². The molecule has 1 aromatic heterocycles. The second kappa shape index (κ2) is 6.74. The highest BCUT2D eigenvalue weighted by Crippen LogP contribution is 2.26. The van der Waals surface area contributed by atoms with E-state index in [4.69, 9.17) is 0 Å². The zero-order valence-electron chi connectivity index (χ0n) is 11.7. The predicted octanol–water partition coefficient (Wildman–Crippen LogP) is 2.96. The lowest BCUT2D eigenvalue weighted by Gasteiger charge is -2.28. The van der Waals surface area contributed by atoms with Crippen molar-refractivity contribution < 1.29 is 0 Å². The minimum absolute atomic E-state index is 0.710. The van der Waals surface area contributed by atoms with Gasteiger partial charge in [0.05, 0.1) is 0 Å². The molecule has 1 saturated carbocycles. The molecule has 0 spiro atoms. The molecule has 2 rings (SSSR count). The number of aromatic nitrogens is 1. The second-order valence-electron chi connectivity index (χ2n) is 5.03. The molecule has 1 N–H and O–H groups in total. The standard InChI is InChI=1S/C15H25N3/c1-3-16-11-13-9-10-15(17-12-13)18(4-2)14-7-5-6-8-14/h9-10,12,14,16H,3-8,11H2,1-2H3. The van der Waals surface area contributed by atoms with Crippen molar-refractivity contribution in [3.8, 4) is 0 Å². The molecule has 0 radical (unpaired) electrons. The first kappa shape index (κ1) is 13.3. The maximum Gasteiger partial charge on any atom is 0.128 e. The van der Waals surface area contributed by atoms with Crippen LogP contribution in [0.25, 0.3) is 0 Å². The Kier molecular flexibility index (Phi) is 5.00. The van der Waals surface area contributed by atoms with E-state index in [1.54, 1.807) is 0 Å². The summed E-state index contributed by atoms with van der Waals surface area (Å²) >= 11 is 0. The van der Waals surface area contributed by atoms with Gasteiger partial charge in [-0.1, -0.05) is 25.8 Å². The lowest BCUT2D eigenvalue weighted by molar-refractivity contribution is 0.612. The summed E-state index contributed by atoms with van der Waals surface area (Å²) in [7, 11) is 0. The first-order valence-electron chi connectivity index (χ1n) is 7.27. The predicted molar refractivity (Wildman–Crippen MR) is 76.9 cm³/mol. The van der Waals surface area contributed by atoms with Crippen LogP contribution in [-0.2, 0) is 6.54 Å². The van der Waals surface area contributed by atoms with Crippen molar-refractivity contribution in [1.82, 2.24) is 10.3 Å². The largest absolute Gasteiger partial charge is 0.354 e. The van der Waals surface area contributed by atoms with Gasteiger partial charge in [0.1, 0.15) is 5.82 Å². The van der Waals surface area contributed by atoms with Gasteiger partial charge in [-0.2, -0.15) is 0 Å². The minimum Gasteiger partial charge on any atom is -0.354 e. The highest BCUT2D eigenvalue weighted by molar-refractivity contribution is 5.40. The summed E-state index contributed by atoms with van der Waals surface area (Å²) in [5.74, 6) is 1.14. The van der Waals surface area contributed by atoms with Crippen LogP contribution in [0.1, 0.15) is 45.1 Å². The van der Waals surface area contributed by atoms with E-state index in [1.165, 1.54) is 31.2 Å². The van der Waals surface area contributed by atoms with E-state index >= 15 is 0 Å². The number of nitrogens with one attached hydrogen (secondary N) is 1. The van der Waals surface area contributed by atoms with Gasteiger partial charge in [-0.05, 0) is 37.9 Å².